The van der Waals surface area contributed by atoms with Crippen LogP contribution in [-0.4, -0.2) is 12.1 Å². The van der Waals surface area contributed by atoms with Crippen LogP contribution in [-0.2, 0) is 0 Å². The molecule has 0 fully saturated rings. The van der Waals surface area contributed by atoms with Crippen molar-refractivity contribution in [2.45, 2.75) is 0 Å². The van der Waals surface area contributed by atoms with Gasteiger partial charge in [-0.15, -0.1) is 0 Å². The maximum atomic E-state index is 11.6. The molecule has 0 heterocycles. The molecule has 0 aliphatic rings. The van der Waals surface area contributed by atoms with Crippen LogP contribution >= 0.6 is 23.2 Å². The molecular formula is C14H10Cl2N2O3. The largest absolute Gasteiger partial charge is 0.420 e. The minimum absolute atomic E-state index is 0.175. The topological polar surface area (TPSA) is 67.4 Å². The standard InChI is InChI=1S/C14H10Cl2N2O3/c15-11-7-6-10(8-12(11)16)21-14(20)18-13(19)17-9-4-2-1-3-5-9/h1-8H,(H2,17,18,19,20). The van der Waals surface area contributed by atoms with Crippen LogP contribution in [0.25, 0.3) is 0 Å². The lowest BCUT2D eigenvalue weighted by Crippen LogP contribution is -2.36. The van der Waals surface area contributed by atoms with Crippen molar-refractivity contribution in [3.8, 4) is 5.75 Å². The lowest BCUT2D eigenvalue weighted by atomic mass is 10.3. The normalized spacial score (nSPS) is 9.81. The molecule has 0 aromatic heterocycles. The van der Waals surface area contributed by atoms with E-state index in [2.05, 4.69) is 5.32 Å². The number of carbonyl (C=O) groups is 2. The Morgan fingerprint density at radius 2 is 1.67 bits per heavy atom. The molecule has 0 atom stereocenters. The van der Waals surface area contributed by atoms with Crippen LogP contribution < -0.4 is 15.4 Å². The summed E-state index contributed by atoms with van der Waals surface area (Å²) >= 11 is 11.5. The summed E-state index contributed by atoms with van der Waals surface area (Å²) in [5.41, 5.74) is 0.553. The van der Waals surface area contributed by atoms with Crippen molar-refractivity contribution in [1.29, 1.82) is 0 Å². The van der Waals surface area contributed by atoms with Crippen LogP contribution in [0.4, 0.5) is 15.3 Å². The van der Waals surface area contributed by atoms with Gasteiger partial charge >= 0.3 is 12.1 Å². The van der Waals surface area contributed by atoms with Crippen LogP contribution in [0.2, 0.25) is 10.0 Å². The molecule has 0 aliphatic heterocycles. The molecule has 0 spiro atoms. The van der Waals surface area contributed by atoms with Crippen LogP contribution in [0, 0.1) is 0 Å². The molecule has 0 saturated heterocycles. The Labute approximate surface area is 130 Å². The number of hydrogen-bond donors (Lipinski definition) is 2. The van der Waals surface area contributed by atoms with E-state index >= 15 is 0 Å². The first kappa shape index (κ1) is 15.2. The molecule has 0 saturated carbocycles. The van der Waals surface area contributed by atoms with Gasteiger partial charge < -0.3 is 10.1 Å². The van der Waals surface area contributed by atoms with Gasteiger partial charge in [-0.25, -0.2) is 14.9 Å². The second-order valence-electron chi connectivity index (χ2n) is 3.91. The Morgan fingerprint density at radius 1 is 0.952 bits per heavy atom. The van der Waals surface area contributed by atoms with Gasteiger partial charge in [0.05, 0.1) is 10.0 Å². The number of imide groups is 1. The molecule has 2 rings (SSSR count). The third kappa shape index (κ3) is 4.66. The van der Waals surface area contributed by atoms with Gasteiger partial charge in [-0.3, -0.25) is 0 Å². The van der Waals surface area contributed by atoms with Crippen molar-refractivity contribution in [3.63, 3.8) is 0 Å². The summed E-state index contributed by atoms with van der Waals surface area (Å²) in [6.45, 7) is 0. The zero-order valence-corrected chi connectivity index (χ0v) is 12.1. The van der Waals surface area contributed by atoms with Gasteiger partial charge in [-0.1, -0.05) is 41.4 Å². The van der Waals surface area contributed by atoms with Crippen molar-refractivity contribution in [1.82, 2.24) is 5.32 Å². The molecular weight excluding hydrogens is 315 g/mol. The zero-order valence-electron chi connectivity index (χ0n) is 10.6. The summed E-state index contributed by atoms with van der Waals surface area (Å²) < 4.78 is 4.90. The number of ether oxygens (including phenoxy) is 1. The summed E-state index contributed by atoms with van der Waals surface area (Å²) in [6, 6.07) is 12.3. The lowest BCUT2D eigenvalue weighted by Gasteiger charge is -2.07. The summed E-state index contributed by atoms with van der Waals surface area (Å²) in [5, 5.41) is 5.09. The van der Waals surface area contributed by atoms with Gasteiger partial charge in [0.25, 0.3) is 0 Å². The molecule has 21 heavy (non-hydrogen) atoms. The zero-order chi connectivity index (χ0) is 15.2. The molecule has 0 unspecified atom stereocenters. The second-order valence-corrected chi connectivity index (χ2v) is 4.72. The van der Waals surface area contributed by atoms with E-state index in [4.69, 9.17) is 27.9 Å². The van der Waals surface area contributed by atoms with E-state index < -0.39 is 12.1 Å². The summed E-state index contributed by atoms with van der Waals surface area (Å²) in [6.07, 6.45) is -0.929. The summed E-state index contributed by atoms with van der Waals surface area (Å²) in [4.78, 5) is 23.1. The molecule has 0 bridgehead atoms. The number of urea groups is 1. The minimum Gasteiger partial charge on any atom is -0.410 e. The van der Waals surface area contributed by atoms with Crippen molar-refractivity contribution in [3.05, 3.63) is 58.6 Å². The van der Waals surface area contributed by atoms with Gasteiger partial charge in [0.2, 0.25) is 0 Å². The highest BCUT2D eigenvalue weighted by Crippen LogP contribution is 2.26. The first-order valence-corrected chi connectivity index (χ1v) is 6.60. The third-order valence-electron chi connectivity index (χ3n) is 2.35. The van der Waals surface area contributed by atoms with Crippen molar-refractivity contribution < 1.29 is 14.3 Å². The number of nitrogens with one attached hydrogen (secondary N) is 2. The highest BCUT2D eigenvalue weighted by atomic mass is 35.5. The van der Waals surface area contributed by atoms with E-state index in [0.717, 1.165) is 0 Å². The van der Waals surface area contributed by atoms with Gasteiger partial charge in [0.15, 0.2) is 0 Å². The number of amides is 3. The Balaban J connectivity index is 1.89. The number of para-hydroxylation sites is 1. The monoisotopic (exact) mass is 324 g/mol. The Morgan fingerprint density at radius 3 is 2.33 bits per heavy atom. The van der Waals surface area contributed by atoms with E-state index in [1.54, 1.807) is 24.3 Å². The Hall–Kier alpha value is -2.24. The first-order valence-electron chi connectivity index (χ1n) is 5.84. The van der Waals surface area contributed by atoms with Gasteiger partial charge in [-0.2, -0.15) is 0 Å². The SMILES string of the molecule is O=C(NC(=O)Oc1ccc(Cl)c(Cl)c1)Nc1ccccc1. The van der Waals surface area contributed by atoms with Crippen LogP contribution in [0.3, 0.4) is 0 Å². The number of anilines is 1. The number of carbonyl (C=O) groups excluding carboxylic acids is 2. The van der Waals surface area contributed by atoms with Crippen molar-refractivity contribution in [2.24, 2.45) is 0 Å². The predicted molar refractivity (Wildman–Crippen MR) is 81.1 cm³/mol. The highest BCUT2D eigenvalue weighted by Gasteiger charge is 2.10. The number of halogens is 2. The maximum absolute atomic E-state index is 11.6. The van der Waals surface area contributed by atoms with Crippen LogP contribution in [0.5, 0.6) is 5.75 Å². The Kier molecular flexibility index (Phi) is 5.03. The van der Waals surface area contributed by atoms with E-state index in [0.29, 0.717) is 10.7 Å². The minimum atomic E-state index is -0.929. The molecule has 0 aliphatic carbocycles. The molecule has 5 nitrogen and oxygen atoms in total. The van der Waals surface area contributed by atoms with E-state index in [1.165, 1.54) is 18.2 Å². The summed E-state index contributed by atoms with van der Waals surface area (Å²) in [5.74, 6) is 0.175. The lowest BCUT2D eigenvalue weighted by molar-refractivity contribution is 0.199. The fourth-order valence-corrected chi connectivity index (χ4v) is 1.74. The van der Waals surface area contributed by atoms with Crippen molar-refractivity contribution >= 4 is 41.0 Å². The maximum Gasteiger partial charge on any atom is 0.420 e. The predicted octanol–water partition coefficient (Wildman–Crippen LogP) is 4.31. The number of benzene rings is 2. The highest BCUT2D eigenvalue weighted by molar-refractivity contribution is 6.42. The smallest absolute Gasteiger partial charge is 0.410 e. The molecule has 2 N–H and O–H groups in total. The first-order chi connectivity index (χ1) is 10.0. The molecule has 108 valence electrons. The van der Waals surface area contributed by atoms with Gasteiger partial charge in [-0.05, 0) is 24.3 Å². The van der Waals surface area contributed by atoms with Gasteiger partial charge in [0, 0.05) is 11.8 Å². The quantitative estimate of drug-likeness (QED) is 0.864. The fraction of sp³-hybridized carbons (Fsp3) is 0. The summed E-state index contributed by atoms with van der Waals surface area (Å²) in [7, 11) is 0. The average Bonchev–Trinajstić information content (AvgIpc) is 2.43. The van der Waals surface area contributed by atoms with Crippen LogP contribution in [0.1, 0.15) is 0 Å². The number of rotatable bonds is 2. The Bertz CT molecular complexity index is 663. The second kappa shape index (κ2) is 6.97. The third-order valence-corrected chi connectivity index (χ3v) is 3.09. The molecule has 3 amide bonds. The van der Waals surface area contributed by atoms with E-state index in [1.807, 2.05) is 11.4 Å². The van der Waals surface area contributed by atoms with Crippen molar-refractivity contribution in [2.75, 3.05) is 5.32 Å². The van der Waals surface area contributed by atoms with Crippen LogP contribution in [0.15, 0.2) is 48.5 Å². The van der Waals surface area contributed by atoms with E-state index in [9.17, 15) is 9.59 Å². The van der Waals surface area contributed by atoms with Gasteiger partial charge in [0.1, 0.15) is 5.75 Å². The average molecular weight is 325 g/mol. The number of hydrogen-bond acceptors (Lipinski definition) is 3. The van der Waals surface area contributed by atoms with E-state index in [-0.39, 0.29) is 10.8 Å². The fourth-order valence-electron chi connectivity index (χ4n) is 1.45. The molecule has 2 aromatic carbocycles. The molecule has 2 aromatic rings. The molecule has 7 heteroatoms. The molecule has 0 radical (unpaired) electrons.